The highest BCUT2D eigenvalue weighted by atomic mass is 35.5. The van der Waals surface area contributed by atoms with Crippen LogP contribution in [0.5, 0.6) is 5.75 Å². The van der Waals surface area contributed by atoms with Crippen molar-refractivity contribution in [3.05, 3.63) is 56.4 Å². The fourth-order valence-corrected chi connectivity index (χ4v) is 4.32. The number of carbonyl (C=O) groups is 1. The largest absolute Gasteiger partial charge is 0.482 e. The van der Waals surface area contributed by atoms with E-state index in [0.29, 0.717) is 32.7 Å². The molecule has 0 bridgehead atoms. The number of rotatable bonds is 8. The van der Waals surface area contributed by atoms with Gasteiger partial charge in [0.15, 0.2) is 12.4 Å². The molecule has 0 amide bonds. The molecule has 1 atom stereocenters. The van der Waals surface area contributed by atoms with E-state index in [1.807, 2.05) is 6.92 Å². The maximum Gasteiger partial charge on any atom is 0.341 e. The summed E-state index contributed by atoms with van der Waals surface area (Å²) >= 11 is 7.94. The number of aromatic amines is 1. The van der Waals surface area contributed by atoms with Crippen LogP contribution in [0.25, 0.3) is 21.3 Å². The summed E-state index contributed by atoms with van der Waals surface area (Å²) in [4.78, 5) is 32.6. The minimum atomic E-state index is -1.04. The number of H-pyrrole nitrogens is 1. The van der Waals surface area contributed by atoms with E-state index in [9.17, 15) is 9.59 Å². The fourth-order valence-electron chi connectivity index (χ4n) is 3.05. The molecule has 2 N–H and O–H groups in total. The van der Waals surface area contributed by atoms with Crippen molar-refractivity contribution in [3.63, 3.8) is 0 Å². The molecule has 3 rings (SSSR count). The monoisotopic (exact) mass is 446 g/mol. The van der Waals surface area contributed by atoms with Crippen LogP contribution in [-0.2, 0) is 11.2 Å². The lowest BCUT2D eigenvalue weighted by molar-refractivity contribution is -0.139. The fraction of sp³-hybridized carbons (Fsp3) is 0.318. The molecule has 1 aromatic carbocycles. The van der Waals surface area contributed by atoms with Crippen LogP contribution in [0.4, 0.5) is 0 Å². The molecule has 0 fully saturated rings. The summed E-state index contributed by atoms with van der Waals surface area (Å²) in [5, 5.41) is 9.63. The molecule has 1 unspecified atom stereocenters. The topological polar surface area (TPSA) is 92.3 Å². The zero-order chi connectivity index (χ0) is 21.8. The van der Waals surface area contributed by atoms with E-state index in [1.165, 1.54) is 11.3 Å². The SMILES string of the molecule is CCC(C)Cc1c(C)sc2nc(C(Cl)=Cc3ccc(OCC(=O)O)cc3)[nH]c(=O)c12. The zero-order valence-electron chi connectivity index (χ0n) is 17.0. The predicted molar refractivity (Wildman–Crippen MR) is 121 cm³/mol. The molecule has 8 heteroatoms. The molecular weight excluding hydrogens is 424 g/mol. The average Bonchev–Trinajstić information content (AvgIpc) is 3.02. The van der Waals surface area contributed by atoms with Gasteiger partial charge in [-0.3, -0.25) is 4.79 Å². The van der Waals surface area contributed by atoms with Crippen molar-refractivity contribution >= 4 is 50.2 Å². The van der Waals surface area contributed by atoms with Crippen LogP contribution in [0, 0.1) is 12.8 Å². The van der Waals surface area contributed by atoms with Gasteiger partial charge in [-0.25, -0.2) is 9.78 Å². The Bertz CT molecular complexity index is 1150. The predicted octanol–water partition coefficient (Wildman–Crippen LogP) is 5.08. The maximum absolute atomic E-state index is 12.8. The Morgan fingerprint density at radius 3 is 2.70 bits per heavy atom. The van der Waals surface area contributed by atoms with Gasteiger partial charge in [0.05, 0.1) is 10.4 Å². The van der Waals surface area contributed by atoms with E-state index in [4.69, 9.17) is 21.4 Å². The third-order valence-electron chi connectivity index (χ3n) is 4.87. The summed E-state index contributed by atoms with van der Waals surface area (Å²) < 4.78 is 5.11. The first-order chi connectivity index (χ1) is 14.3. The van der Waals surface area contributed by atoms with Crippen molar-refractivity contribution in [2.45, 2.75) is 33.6 Å². The van der Waals surface area contributed by atoms with Gasteiger partial charge in [-0.15, -0.1) is 11.3 Å². The normalized spacial score (nSPS) is 12.9. The van der Waals surface area contributed by atoms with Gasteiger partial charge in [0.2, 0.25) is 0 Å². The van der Waals surface area contributed by atoms with Crippen molar-refractivity contribution in [1.29, 1.82) is 0 Å². The Balaban J connectivity index is 1.89. The highest BCUT2D eigenvalue weighted by Crippen LogP contribution is 2.31. The number of hydrogen-bond acceptors (Lipinski definition) is 5. The Morgan fingerprint density at radius 2 is 2.07 bits per heavy atom. The summed E-state index contributed by atoms with van der Waals surface area (Å²) in [6.45, 7) is 5.94. The highest BCUT2D eigenvalue weighted by molar-refractivity contribution is 7.18. The molecule has 3 aromatic rings. The van der Waals surface area contributed by atoms with Crippen molar-refractivity contribution in [1.82, 2.24) is 9.97 Å². The van der Waals surface area contributed by atoms with Gasteiger partial charge in [0, 0.05) is 4.88 Å². The van der Waals surface area contributed by atoms with Gasteiger partial charge < -0.3 is 14.8 Å². The maximum atomic E-state index is 12.8. The number of benzene rings is 1. The van der Waals surface area contributed by atoms with Crippen molar-refractivity contribution in [3.8, 4) is 5.75 Å². The van der Waals surface area contributed by atoms with Gasteiger partial charge in [0.25, 0.3) is 5.56 Å². The second-order valence-electron chi connectivity index (χ2n) is 7.19. The van der Waals surface area contributed by atoms with Crippen LogP contribution in [0.3, 0.4) is 0 Å². The van der Waals surface area contributed by atoms with Gasteiger partial charge >= 0.3 is 5.97 Å². The summed E-state index contributed by atoms with van der Waals surface area (Å²) in [6.07, 6.45) is 3.59. The lowest BCUT2D eigenvalue weighted by atomic mass is 9.98. The van der Waals surface area contributed by atoms with E-state index >= 15 is 0 Å². The van der Waals surface area contributed by atoms with Crippen LogP contribution in [0.15, 0.2) is 29.1 Å². The average molecular weight is 447 g/mol. The minimum absolute atomic E-state index is 0.179. The summed E-state index contributed by atoms with van der Waals surface area (Å²) in [7, 11) is 0. The first kappa shape index (κ1) is 22.1. The quantitative estimate of drug-likeness (QED) is 0.503. The zero-order valence-corrected chi connectivity index (χ0v) is 18.6. The number of hydrogen-bond donors (Lipinski definition) is 2. The van der Waals surface area contributed by atoms with Gasteiger partial charge in [0.1, 0.15) is 10.6 Å². The smallest absolute Gasteiger partial charge is 0.341 e. The standard InChI is InChI=1S/C22H23ClN2O4S/c1-4-12(2)9-16-13(3)30-22-19(16)21(28)24-20(25-22)17(23)10-14-5-7-15(8-6-14)29-11-18(26)27/h5-8,10,12H,4,9,11H2,1-3H3,(H,26,27)(H,24,25,28). The molecular formula is C22H23ClN2O4S. The molecule has 0 saturated carbocycles. The number of thiophene rings is 1. The van der Waals surface area contributed by atoms with Crippen molar-refractivity contribution < 1.29 is 14.6 Å². The van der Waals surface area contributed by atoms with E-state index in [2.05, 4.69) is 23.8 Å². The van der Waals surface area contributed by atoms with E-state index in [-0.39, 0.29) is 5.56 Å². The lowest BCUT2D eigenvalue weighted by Crippen LogP contribution is -2.12. The number of carboxylic acid groups (broad SMARTS) is 1. The van der Waals surface area contributed by atoms with Crippen LogP contribution >= 0.6 is 22.9 Å². The Kier molecular flexibility index (Phi) is 6.95. The van der Waals surface area contributed by atoms with Gasteiger partial charge in [-0.1, -0.05) is 44.0 Å². The number of halogens is 1. The molecule has 0 saturated heterocycles. The van der Waals surface area contributed by atoms with E-state index in [1.54, 1.807) is 30.3 Å². The van der Waals surface area contributed by atoms with E-state index in [0.717, 1.165) is 28.8 Å². The van der Waals surface area contributed by atoms with Gasteiger partial charge in [-0.05, 0) is 48.6 Å². The van der Waals surface area contributed by atoms with Crippen LogP contribution < -0.4 is 10.3 Å². The summed E-state index contributed by atoms with van der Waals surface area (Å²) in [6, 6.07) is 6.80. The van der Waals surface area contributed by atoms with Crippen LogP contribution in [-0.4, -0.2) is 27.7 Å². The number of aryl methyl sites for hydroxylation is 1. The first-order valence-electron chi connectivity index (χ1n) is 9.63. The second kappa shape index (κ2) is 9.45. The molecule has 0 aliphatic heterocycles. The lowest BCUT2D eigenvalue weighted by Gasteiger charge is -2.08. The highest BCUT2D eigenvalue weighted by Gasteiger charge is 2.17. The molecule has 2 aromatic heterocycles. The number of aromatic nitrogens is 2. The number of carboxylic acids is 1. The molecule has 0 spiro atoms. The number of nitrogens with zero attached hydrogens (tertiary/aromatic N) is 1. The van der Waals surface area contributed by atoms with Crippen LogP contribution in [0.1, 0.15) is 42.1 Å². The molecule has 30 heavy (non-hydrogen) atoms. The molecule has 0 aliphatic rings. The third-order valence-corrected chi connectivity index (χ3v) is 6.20. The molecule has 158 valence electrons. The summed E-state index contributed by atoms with van der Waals surface area (Å²) in [5.74, 6) is 0.216. The first-order valence-corrected chi connectivity index (χ1v) is 10.8. The Morgan fingerprint density at radius 1 is 1.37 bits per heavy atom. The van der Waals surface area contributed by atoms with Crippen molar-refractivity contribution in [2.24, 2.45) is 5.92 Å². The molecule has 2 heterocycles. The van der Waals surface area contributed by atoms with Gasteiger partial charge in [-0.2, -0.15) is 0 Å². The second-order valence-corrected chi connectivity index (χ2v) is 8.80. The molecule has 6 nitrogen and oxygen atoms in total. The van der Waals surface area contributed by atoms with Crippen LogP contribution in [0.2, 0.25) is 0 Å². The molecule has 0 aliphatic carbocycles. The number of nitrogens with one attached hydrogen (secondary N) is 1. The minimum Gasteiger partial charge on any atom is -0.482 e. The number of ether oxygens (including phenoxy) is 1. The van der Waals surface area contributed by atoms with E-state index < -0.39 is 12.6 Å². The van der Waals surface area contributed by atoms with Crippen molar-refractivity contribution in [2.75, 3.05) is 6.61 Å². The third kappa shape index (κ3) is 5.09. The number of aliphatic carboxylic acids is 1. The Labute approximate surface area is 183 Å². The summed E-state index contributed by atoms with van der Waals surface area (Å²) in [5.41, 5.74) is 1.66. The Hall–Kier alpha value is -2.64. The molecule has 0 radical (unpaired) electrons. The number of fused-ring (bicyclic) bond motifs is 1.